The monoisotopic (exact) mass is 1640 g/mol. The van der Waals surface area contributed by atoms with E-state index < -0.39 is 0 Å². The highest BCUT2D eigenvalue weighted by atomic mass is 15.0. The zero-order chi connectivity index (χ0) is 86.9. The number of benzene rings is 21. The summed E-state index contributed by atoms with van der Waals surface area (Å²) in [5, 5.41) is 23.3. The summed E-state index contributed by atoms with van der Waals surface area (Å²) in [6, 6.07) is 144. The van der Waals surface area contributed by atoms with E-state index in [2.05, 4.69) is 478 Å². The van der Waals surface area contributed by atoms with Crippen molar-refractivity contribution in [3.8, 4) is 83.8 Å². The highest BCUT2D eigenvalue weighted by Gasteiger charge is 2.25. The first-order valence-corrected chi connectivity index (χ1v) is 44.9. The van der Waals surface area contributed by atoms with Crippen LogP contribution in [0.3, 0.4) is 0 Å². The van der Waals surface area contributed by atoms with Crippen molar-refractivity contribution in [2.24, 2.45) is 0 Å². The minimum Gasteiger partial charge on any atom is -0.309 e. The lowest BCUT2D eigenvalue weighted by Crippen LogP contribution is -1.96. The predicted octanol–water partition coefficient (Wildman–Crippen LogP) is 34.7. The molecule has 0 N–H and O–H groups in total. The van der Waals surface area contributed by atoms with Crippen molar-refractivity contribution in [2.45, 2.75) is 76.2 Å². The van der Waals surface area contributed by atoms with E-state index in [1.807, 2.05) is 0 Å². The Hall–Kier alpha value is -15.4. The van der Waals surface area contributed by atoms with Crippen LogP contribution < -0.4 is 0 Å². The largest absolute Gasteiger partial charge is 0.309 e. The highest BCUT2D eigenvalue weighted by molar-refractivity contribution is 6.25. The molecule has 0 unspecified atom stereocenters. The van der Waals surface area contributed by atoms with Gasteiger partial charge in [-0.2, -0.15) is 0 Å². The van der Waals surface area contributed by atoms with Gasteiger partial charge < -0.3 is 13.7 Å². The van der Waals surface area contributed by atoms with Crippen molar-refractivity contribution in [1.29, 1.82) is 0 Å². The second-order valence-electron chi connectivity index (χ2n) is 35.6. The average Bonchev–Trinajstić information content (AvgIpc) is 1.10. The topological polar surface area (TPSA) is 14.8 Å². The SMILES string of the molecule is Cc1ccc(-c2c3cc(C)c(C)cc3c(-c3ccc(-n4c5ccccc5c5ccccc54)cc3)c3cc(C)c(C)cc23)cc1.Cc1ccc(-c2c3ccccc3c(-c3ccc(-n4c5ccccc5c5ccccc54)cc3)c3cc(C)c(C)cc23)cc1.Cc1ccc(-c2c3ccccc3c(-c3cccc(-n4c5ccccc5c5ccccc54)c3)c3cc(C)c(C)cc23)cc1. The first-order valence-electron chi connectivity index (χ1n) is 44.9. The molecule has 24 rings (SSSR count). The first-order chi connectivity index (χ1) is 62.5. The number of aryl methyl sites for hydroxylation is 11. The number of aromatic nitrogens is 3. The molecule has 0 saturated carbocycles. The molecule has 0 spiro atoms. The van der Waals surface area contributed by atoms with Gasteiger partial charge in [0.05, 0.1) is 33.1 Å². The van der Waals surface area contributed by atoms with Crippen molar-refractivity contribution in [3.05, 3.63) is 449 Å². The van der Waals surface area contributed by atoms with Crippen LogP contribution in [0, 0.1) is 76.2 Å². The maximum Gasteiger partial charge on any atom is 0.0541 e. The number of rotatable bonds is 9. The molecule has 0 aliphatic heterocycles. The van der Waals surface area contributed by atoms with Gasteiger partial charge in [-0.1, -0.05) is 332 Å². The Morgan fingerprint density at radius 2 is 0.305 bits per heavy atom. The number of hydrogen-bond acceptors (Lipinski definition) is 0. The Bertz CT molecular complexity index is 8390. The van der Waals surface area contributed by atoms with E-state index in [9.17, 15) is 0 Å². The van der Waals surface area contributed by atoms with Gasteiger partial charge >= 0.3 is 0 Å². The maximum atomic E-state index is 2.41. The van der Waals surface area contributed by atoms with E-state index in [0.717, 1.165) is 0 Å². The van der Waals surface area contributed by atoms with Crippen LogP contribution in [0.5, 0.6) is 0 Å². The van der Waals surface area contributed by atoms with Crippen molar-refractivity contribution in [1.82, 2.24) is 13.7 Å². The summed E-state index contributed by atoms with van der Waals surface area (Å²) in [5.41, 5.74) is 40.6. The second kappa shape index (κ2) is 31.7. The maximum absolute atomic E-state index is 2.41. The van der Waals surface area contributed by atoms with E-state index in [1.54, 1.807) is 0 Å². The molecule has 3 heterocycles. The van der Waals surface area contributed by atoms with Gasteiger partial charge in [-0.15, -0.1) is 0 Å². The number of hydrogen-bond donors (Lipinski definition) is 0. The molecular formula is C125H97N3. The quantitative estimate of drug-likeness (QED) is 0.128. The molecule has 0 amide bonds. The van der Waals surface area contributed by atoms with Crippen LogP contribution in [-0.4, -0.2) is 13.7 Å². The molecule has 0 radical (unpaired) electrons. The Labute approximate surface area is 748 Å². The van der Waals surface area contributed by atoms with Crippen LogP contribution in [0.25, 0.3) is 214 Å². The van der Waals surface area contributed by atoms with E-state index >= 15 is 0 Å². The lowest BCUT2D eigenvalue weighted by Gasteiger charge is -2.21. The normalized spacial score (nSPS) is 11.7. The molecule has 3 heteroatoms. The Morgan fingerprint density at radius 3 is 0.531 bits per heavy atom. The zero-order valence-electron chi connectivity index (χ0n) is 74.3. The van der Waals surface area contributed by atoms with Gasteiger partial charge in [-0.25, -0.2) is 0 Å². The summed E-state index contributed by atoms with van der Waals surface area (Å²) in [7, 11) is 0. The van der Waals surface area contributed by atoms with Gasteiger partial charge in [0.15, 0.2) is 0 Å². The molecule has 24 aromatic rings. The minimum absolute atomic E-state index is 1.17. The number of nitrogens with zero attached hydrogens (tertiary/aromatic N) is 3. The van der Waals surface area contributed by atoms with Gasteiger partial charge in [0.25, 0.3) is 0 Å². The summed E-state index contributed by atoms with van der Waals surface area (Å²) in [6.07, 6.45) is 0. The fraction of sp³-hybridized carbons (Fsp3) is 0.0880. The van der Waals surface area contributed by atoms with Crippen LogP contribution in [0.15, 0.2) is 388 Å². The smallest absolute Gasteiger partial charge is 0.0541 e. The molecule has 0 aliphatic carbocycles. The summed E-state index contributed by atoms with van der Waals surface area (Å²) < 4.78 is 7.19. The van der Waals surface area contributed by atoms with Crippen LogP contribution in [0.1, 0.15) is 61.2 Å². The standard InChI is InChI=1S/C43H35N.2C41H31N/c1-26-14-16-31(17-15-26)42-36-22-27(2)29(4)24-38(36)43(39-25-30(5)28(3)23-37(39)42)32-18-20-33(21-19-32)44-40-12-8-6-10-34(40)35-11-7-9-13-41(35)44;1-26-19-21-29(22-20-26)40-34-15-4-5-16-35(34)41(37-24-28(3)27(2)23-36(37)40)30-11-10-12-31(25-30)42-38-17-8-6-13-32(38)33-14-7-9-18-39(33)42;1-26-16-18-29(19-17-26)40-34-12-4-5-13-35(34)41(37-25-28(3)27(2)24-36(37)40)30-20-22-31(23-21-30)42-38-14-8-6-10-32(38)33-11-7-9-15-39(33)42/h6-25H,1-5H3;2*4-25H,1-3H3. The zero-order valence-corrected chi connectivity index (χ0v) is 74.3. The summed E-state index contributed by atoms with van der Waals surface area (Å²) in [4.78, 5) is 0. The van der Waals surface area contributed by atoms with Crippen LogP contribution in [-0.2, 0) is 0 Å². The van der Waals surface area contributed by atoms with Gasteiger partial charge in [0.1, 0.15) is 0 Å². The van der Waals surface area contributed by atoms with Gasteiger partial charge in [-0.3, -0.25) is 0 Å². The third-order valence-electron chi connectivity index (χ3n) is 27.6. The summed E-state index contributed by atoms with van der Waals surface area (Å²) in [6.45, 7) is 24.3. The first kappa shape index (κ1) is 78.6. The molecule has 0 fully saturated rings. The number of para-hydroxylation sites is 6. The van der Waals surface area contributed by atoms with E-state index in [-0.39, 0.29) is 0 Å². The lowest BCUT2D eigenvalue weighted by molar-refractivity contribution is 1.18. The average molecular weight is 1640 g/mol. The van der Waals surface area contributed by atoms with Gasteiger partial charge in [0, 0.05) is 49.4 Å². The Morgan fingerprint density at radius 1 is 0.125 bits per heavy atom. The molecule has 3 nitrogen and oxygen atoms in total. The van der Waals surface area contributed by atoms with Crippen molar-refractivity contribution in [2.75, 3.05) is 0 Å². The van der Waals surface area contributed by atoms with E-state index in [4.69, 9.17) is 0 Å². The van der Waals surface area contributed by atoms with Crippen LogP contribution >= 0.6 is 0 Å². The molecule has 0 aliphatic rings. The molecule has 612 valence electrons. The molecule has 3 aromatic heterocycles. The van der Waals surface area contributed by atoms with Crippen LogP contribution in [0.4, 0.5) is 0 Å². The lowest BCUT2D eigenvalue weighted by atomic mass is 9.83. The van der Waals surface area contributed by atoms with Crippen LogP contribution in [0.2, 0.25) is 0 Å². The molecular weight excluding hydrogens is 1540 g/mol. The Balaban J connectivity index is 0.000000113. The molecule has 128 heavy (non-hydrogen) atoms. The Kier molecular flexibility index (Phi) is 19.4. The number of fused-ring (bicyclic) bond motifs is 15. The van der Waals surface area contributed by atoms with Crippen molar-refractivity contribution < 1.29 is 0 Å². The molecule has 0 saturated heterocycles. The van der Waals surface area contributed by atoms with Gasteiger partial charge in [0.2, 0.25) is 0 Å². The third kappa shape index (κ3) is 13.2. The fourth-order valence-corrected chi connectivity index (χ4v) is 20.6. The minimum atomic E-state index is 1.17. The van der Waals surface area contributed by atoms with Gasteiger partial charge in [-0.05, 0) is 325 Å². The third-order valence-corrected chi connectivity index (χ3v) is 27.6. The fourth-order valence-electron chi connectivity index (χ4n) is 20.6. The highest BCUT2D eigenvalue weighted by Crippen LogP contribution is 2.51. The van der Waals surface area contributed by atoms with Crippen molar-refractivity contribution >= 4 is 130 Å². The molecule has 0 bridgehead atoms. The molecule has 0 atom stereocenters. The predicted molar refractivity (Wildman–Crippen MR) is 552 cm³/mol. The summed E-state index contributed by atoms with van der Waals surface area (Å²) in [5.74, 6) is 0. The summed E-state index contributed by atoms with van der Waals surface area (Å²) >= 11 is 0. The van der Waals surface area contributed by atoms with E-state index in [1.165, 1.54) is 275 Å². The van der Waals surface area contributed by atoms with E-state index in [0.29, 0.717) is 0 Å². The van der Waals surface area contributed by atoms with Crippen molar-refractivity contribution in [3.63, 3.8) is 0 Å². The molecule has 21 aromatic carbocycles. The second-order valence-corrected chi connectivity index (χ2v) is 35.6.